The van der Waals surface area contributed by atoms with Crippen LogP contribution in [0.15, 0.2) is 48.5 Å². The van der Waals surface area contributed by atoms with Crippen molar-refractivity contribution in [3.63, 3.8) is 0 Å². The summed E-state index contributed by atoms with van der Waals surface area (Å²) >= 11 is 0. The van der Waals surface area contributed by atoms with Crippen LogP contribution in [0.3, 0.4) is 0 Å². The molecule has 0 unspecified atom stereocenters. The monoisotopic (exact) mass is 421 g/mol. The SMILES string of the molecule is C[C@H](c1ccccc1)N(F)C(=O)c1ccc2c(c1)CCN1C(=O)[C@H]3CCCN[C@H]3C[C@H]21. The average Bonchev–Trinajstić information content (AvgIpc) is 2.83. The fourth-order valence-corrected chi connectivity index (χ4v) is 5.47. The van der Waals surface area contributed by atoms with Gasteiger partial charge in [-0.1, -0.05) is 40.9 Å². The summed E-state index contributed by atoms with van der Waals surface area (Å²) in [6.07, 6.45) is 3.61. The van der Waals surface area contributed by atoms with Gasteiger partial charge in [0.2, 0.25) is 5.91 Å². The van der Waals surface area contributed by atoms with Crippen LogP contribution in [0.25, 0.3) is 0 Å². The van der Waals surface area contributed by atoms with Gasteiger partial charge < -0.3 is 10.2 Å². The number of carbonyl (C=O) groups is 2. The summed E-state index contributed by atoms with van der Waals surface area (Å²) in [7, 11) is 0. The zero-order valence-electron chi connectivity index (χ0n) is 17.8. The molecule has 0 saturated carbocycles. The normalized spacial score (nSPS) is 25.8. The predicted molar refractivity (Wildman–Crippen MR) is 116 cm³/mol. The molecule has 6 heteroatoms. The highest BCUT2D eigenvalue weighted by molar-refractivity contribution is 5.94. The van der Waals surface area contributed by atoms with Crippen LogP contribution in [-0.2, 0) is 11.2 Å². The van der Waals surface area contributed by atoms with Gasteiger partial charge >= 0.3 is 0 Å². The lowest BCUT2D eigenvalue weighted by molar-refractivity contribution is -0.145. The van der Waals surface area contributed by atoms with Crippen molar-refractivity contribution in [1.29, 1.82) is 0 Å². The number of carbonyl (C=O) groups excluding carboxylic acids is 2. The summed E-state index contributed by atoms with van der Waals surface area (Å²) in [6, 6.07) is 14.2. The molecule has 3 aliphatic rings. The molecule has 0 spiro atoms. The summed E-state index contributed by atoms with van der Waals surface area (Å²) in [4.78, 5) is 27.9. The van der Waals surface area contributed by atoms with Crippen LogP contribution in [0, 0.1) is 5.92 Å². The zero-order chi connectivity index (χ0) is 21.5. The number of hydrogen-bond acceptors (Lipinski definition) is 3. The van der Waals surface area contributed by atoms with E-state index in [1.807, 2.05) is 47.4 Å². The van der Waals surface area contributed by atoms with Gasteiger partial charge in [0.1, 0.15) is 0 Å². The van der Waals surface area contributed by atoms with E-state index in [1.54, 1.807) is 13.0 Å². The number of halogens is 1. The fraction of sp³-hybridized carbons (Fsp3) is 0.440. The van der Waals surface area contributed by atoms with Gasteiger partial charge in [0.25, 0.3) is 5.91 Å². The second kappa shape index (κ2) is 8.08. The topological polar surface area (TPSA) is 52.7 Å². The number of amides is 2. The standard InChI is InChI=1S/C25H28FN3O2/c1-16(17-6-3-2-4-7-17)29(26)24(30)19-9-10-20-18(14-19)11-13-28-23(20)15-22-21(25(28)31)8-5-12-27-22/h2-4,6-7,9-10,14,16,21-23,27H,5,8,11-13,15H2,1H3/t16-,21+,22+,23-/m1/s1. The molecule has 0 bridgehead atoms. The lowest BCUT2D eigenvalue weighted by Crippen LogP contribution is -2.57. The van der Waals surface area contributed by atoms with Gasteiger partial charge in [-0.3, -0.25) is 9.59 Å². The summed E-state index contributed by atoms with van der Waals surface area (Å²) in [5, 5.41) is 3.84. The molecular formula is C25H28FN3O2. The number of nitrogens with one attached hydrogen (secondary N) is 1. The molecule has 0 radical (unpaired) electrons. The Kier molecular flexibility index (Phi) is 5.26. The van der Waals surface area contributed by atoms with Gasteiger partial charge in [0.15, 0.2) is 0 Å². The van der Waals surface area contributed by atoms with Crippen molar-refractivity contribution in [3.05, 3.63) is 70.8 Å². The quantitative estimate of drug-likeness (QED) is 0.763. The first-order valence-corrected chi connectivity index (χ1v) is 11.3. The van der Waals surface area contributed by atoms with Crippen LogP contribution in [0.4, 0.5) is 4.48 Å². The van der Waals surface area contributed by atoms with Crippen molar-refractivity contribution in [2.75, 3.05) is 13.1 Å². The molecule has 0 aromatic heterocycles. The summed E-state index contributed by atoms with van der Waals surface area (Å²) in [5.74, 6) is -0.284. The number of fused-ring (bicyclic) bond motifs is 4. The second-order valence-electron chi connectivity index (χ2n) is 8.96. The molecule has 0 aliphatic carbocycles. The Morgan fingerprint density at radius 1 is 1.23 bits per heavy atom. The van der Waals surface area contributed by atoms with E-state index in [-0.39, 0.29) is 23.9 Å². The summed E-state index contributed by atoms with van der Waals surface area (Å²) in [5.41, 5.74) is 3.26. The van der Waals surface area contributed by atoms with E-state index in [1.165, 1.54) is 0 Å². The summed E-state index contributed by atoms with van der Waals surface area (Å²) < 4.78 is 14.9. The third-order valence-corrected chi connectivity index (χ3v) is 7.22. The number of piperidine rings is 2. The van der Waals surface area contributed by atoms with E-state index in [4.69, 9.17) is 0 Å². The first kappa shape index (κ1) is 20.2. The molecule has 2 fully saturated rings. The number of rotatable bonds is 3. The molecule has 2 amide bonds. The van der Waals surface area contributed by atoms with E-state index in [0.29, 0.717) is 23.7 Å². The highest BCUT2D eigenvalue weighted by atomic mass is 19.2. The molecule has 5 rings (SSSR count). The molecule has 2 aromatic rings. The largest absolute Gasteiger partial charge is 0.335 e. The lowest BCUT2D eigenvalue weighted by Gasteiger charge is -2.48. The van der Waals surface area contributed by atoms with Crippen molar-refractivity contribution in [2.24, 2.45) is 5.92 Å². The van der Waals surface area contributed by atoms with E-state index in [0.717, 1.165) is 42.5 Å². The molecule has 3 heterocycles. The molecule has 2 aromatic carbocycles. The van der Waals surface area contributed by atoms with Crippen molar-refractivity contribution >= 4 is 11.8 Å². The van der Waals surface area contributed by atoms with Crippen molar-refractivity contribution < 1.29 is 14.1 Å². The first-order valence-electron chi connectivity index (χ1n) is 11.3. The molecule has 5 nitrogen and oxygen atoms in total. The van der Waals surface area contributed by atoms with E-state index in [9.17, 15) is 14.1 Å². The van der Waals surface area contributed by atoms with Gasteiger partial charge in [0, 0.05) is 18.2 Å². The molecule has 1 N–H and O–H groups in total. The molecule has 4 atom stereocenters. The Labute approximate surface area is 182 Å². The zero-order valence-corrected chi connectivity index (χ0v) is 17.8. The highest BCUT2D eigenvalue weighted by Crippen LogP contribution is 2.41. The van der Waals surface area contributed by atoms with E-state index >= 15 is 0 Å². The van der Waals surface area contributed by atoms with Crippen molar-refractivity contribution in [2.45, 2.75) is 50.7 Å². The molecular weight excluding hydrogens is 393 g/mol. The van der Waals surface area contributed by atoms with Gasteiger partial charge in [-0.15, -0.1) is 0 Å². The fourth-order valence-electron chi connectivity index (χ4n) is 5.47. The minimum Gasteiger partial charge on any atom is -0.335 e. The molecule has 2 saturated heterocycles. The van der Waals surface area contributed by atoms with E-state index < -0.39 is 11.9 Å². The van der Waals surface area contributed by atoms with Gasteiger partial charge in [-0.25, -0.2) is 0 Å². The van der Waals surface area contributed by atoms with Crippen LogP contribution in [-0.4, -0.2) is 41.0 Å². The maximum absolute atomic E-state index is 14.9. The maximum Gasteiger partial charge on any atom is 0.282 e. The Morgan fingerprint density at radius 3 is 2.84 bits per heavy atom. The molecule has 162 valence electrons. The Bertz CT molecular complexity index is 996. The maximum atomic E-state index is 14.9. The van der Waals surface area contributed by atoms with Crippen LogP contribution < -0.4 is 5.32 Å². The third kappa shape index (κ3) is 3.53. The second-order valence-corrected chi connectivity index (χ2v) is 8.96. The van der Waals surface area contributed by atoms with Crippen molar-refractivity contribution in [1.82, 2.24) is 15.3 Å². The third-order valence-electron chi connectivity index (χ3n) is 7.22. The Hall–Kier alpha value is -2.73. The first-order chi connectivity index (χ1) is 15.0. The Balaban J connectivity index is 1.38. The van der Waals surface area contributed by atoms with Crippen LogP contribution in [0.1, 0.15) is 65.3 Å². The Morgan fingerprint density at radius 2 is 2.03 bits per heavy atom. The van der Waals surface area contributed by atoms with Crippen molar-refractivity contribution in [3.8, 4) is 0 Å². The minimum absolute atomic E-state index is 0.0389. The van der Waals surface area contributed by atoms with Gasteiger partial charge in [-0.2, -0.15) is 5.12 Å². The average molecular weight is 422 g/mol. The molecule has 31 heavy (non-hydrogen) atoms. The smallest absolute Gasteiger partial charge is 0.282 e. The molecule has 3 aliphatic heterocycles. The highest BCUT2D eigenvalue weighted by Gasteiger charge is 2.45. The van der Waals surface area contributed by atoms with Gasteiger partial charge in [-0.05, 0) is 68.0 Å². The van der Waals surface area contributed by atoms with Crippen LogP contribution >= 0.6 is 0 Å². The number of nitrogens with zero attached hydrogens (tertiary/aromatic N) is 2. The van der Waals surface area contributed by atoms with E-state index in [2.05, 4.69) is 5.32 Å². The van der Waals surface area contributed by atoms with Gasteiger partial charge in [0.05, 0.1) is 18.0 Å². The number of hydrogen-bond donors (Lipinski definition) is 1. The van der Waals surface area contributed by atoms with Crippen LogP contribution in [0.5, 0.6) is 0 Å². The summed E-state index contributed by atoms with van der Waals surface area (Å²) in [6.45, 7) is 3.31. The number of benzene rings is 2. The van der Waals surface area contributed by atoms with Crippen LogP contribution in [0.2, 0.25) is 0 Å². The minimum atomic E-state index is -0.662. The predicted octanol–water partition coefficient (Wildman–Crippen LogP) is 3.97. The lowest BCUT2D eigenvalue weighted by atomic mass is 9.77.